The second kappa shape index (κ2) is 7.12. The van der Waals surface area contributed by atoms with Crippen LogP contribution in [0.1, 0.15) is 47.7 Å². The number of rotatable bonds is 5. The normalized spacial score (nSPS) is 11.8. The Bertz CT molecular complexity index is 787. The topological polar surface area (TPSA) is 92.5 Å². The van der Waals surface area contributed by atoms with Crippen molar-refractivity contribution in [2.24, 2.45) is 0 Å². The van der Waals surface area contributed by atoms with Gasteiger partial charge in [-0.05, 0) is 43.0 Å². The number of carbonyl (C=O) groups excluding carboxylic acids is 1. The molecule has 2 aromatic carbocycles. The highest BCUT2D eigenvalue weighted by molar-refractivity contribution is 6.06. The third-order valence-corrected chi connectivity index (χ3v) is 4.20. The van der Waals surface area contributed by atoms with Gasteiger partial charge in [0.15, 0.2) is 0 Å². The molecule has 0 fully saturated rings. The zero-order valence-electron chi connectivity index (χ0n) is 13.9. The fourth-order valence-corrected chi connectivity index (χ4v) is 2.45. The number of nitro groups is 1. The Hall–Kier alpha value is -2.89. The van der Waals surface area contributed by atoms with E-state index < -0.39 is 10.8 Å². The largest absolute Gasteiger partial charge is 0.506 e. The van der Waals surface area contributed by atoms with E-state index in [1.165, 1.54) is 31.2 Å². The summed E-state index contributed by atoms with van der Waals surface area (Å²) >= 11 is 0. The fourth-order valence-electron chi connectivity index (χ4n) is 2.45. The van der Waals surface area contributed by atoms with Gasteiger partial charge in [0.05, 0.1) is 10.6 Å². The molecule has 0 aliphatic heterocycles. The van der Waals surface area contributed by atoms with E-state index in [9.17, 15) is 20.0 Å². The van der Waals surface area contributed by atoms with Gasteiger partial charge in [0, 0.05) is 17.2 Å². The van der Waals surface area contributed by atoms with Crippen LogP contribution in [0.15, 0.2) is 36.4 Å². The Balaban J connectivity index is 2.34. The molecule has 0 heterocycles. The Morgan fingerprint density at radius 2 is 2.04 bits per heavy atom. The second-order valence-electron chi connectivity index (χ2n) is 5.75. The van der Waals surface area contributed by atoms with Crippen LogP contribution < -0.4 is 5.32 Å². The van der Waals surface area contributed by atoms with Crippen LogP contribution in [-0.2, 0) is 0 Å². The smallest absolute Gasteiger partial charge is 0.273 e. The summed E-state index contributed by atoms with van der Waals surface area (Å²) in [5.74, 6) is -0.243. The number of hydrogen-bond donors (Lipinski definition) is 2. The lowest BCUT2D eigenvalue weighted by Gasteiger charge is -2.14. The number of phenolic OH excluding ortho intramolecular Hbond substituents is 1. The van der Waals surface area contributed by atoms with Crippen LogP contribution in [0.4, 0.5) is 11.4 Å². The molecule has 2 rings (SSSR count). The highest BCUT2D eigenvalue weighted by Gasteiger charge is 2.19. The van der Waals surface area contributed by atoms with E-state index in [-0.39, 0.29) is 22.6 Å². The number of aromatic hydroxyl groups is 1. The summed E-state index contributed by atoms with van der Waals surface area (Å²) in [5.41, 5.74) is 1.68. The van der Waals surface area contributed by atoms with Gasteiger partial charge in [-0.15, -0.1) is 0 Å². The molecule has 0 saturated carbocycles. The number of benzene rings is 2. The van der Waals surface area contributed by atoms with E-state index in [0.717, 1.165) is 12.0 Å². The standard InChI is InChI=1S/C18H20N2O4/c1-4-11(2)13-8-9-17(21)15(10-13)19-18(22)14-6-5-7-16(12(14)3)20(23)24/h5-11,21H,4H2,1-3H3,(H,19,22)/t11-/m1/s1. The minimum atomic E-state index is -0.521. The Morgan fingerprint density at radius 1 is 1.33 bits per heavy atom. The van der Waals surface area contributed by atoms with Crippen molar-refractivity contribution in [3.05, 3.63) is 63.2 Å². The molecular weight excluding hydrogens is 308 g/mol. The van der Waals surface area contributed by atoms with Crippen molar-refractivity contribution in [3.8, 4) is 5.75 Å². The van der Waals surface area contributed by atoms with E-state index in [1.807, 2.05) is 6.07 Å². The molecule has 0 aromatic heterocycles. The summed E-state index contributed by atoms with van der Waals surface area (Å²) in [5, 5.41) is 23.6. The van der Waals surface area contributed by atoms with Crippen molar-refractivity contribution in [3.63, 3.8) is 0 Å². The lowest BCUT2D eigenvalue weighted by atomic mass is 9.98. The van der Waals surface area contributed by atoms with Gasteiger partial charge in [0.25, 0.3) is 11.6 Å². The molecule has 0 radical (unpaired) electrons. The lowest BCUT2D eigenvalue weighted by molar-refractivity contribution is -0.385. The van der Waals surface area contributed by atoms with Crippen LogP contribution in [0.25, 0.3) is 0 Å². The van der Waals surface area contributed by atoms with Crippen molar-refractivity contribution in [1.82, 2.24) is 0 Å². The number of hydrogen-bond acceptors (Lipinski definition) is 4. The van der Waals surface area contributed by atoms with Gasteiger partial charge in [0.2, 0.25) is 0 Å². The predicted octanol–water partition coefficient (Wildman–Crippen LogP) is 4.37. The molecule has 0 aliphatic carbocycles. The monoisotopic (exact) mass is 328 g/mol. The number of carbonyl (C=O) groups is 1. The maximum atomic E-state index is 12.5. The van der Waals surface area contributed by atoms with E-state index in [2.05, 4.69) is 19.2 Å². The number of nitro benzene ring substituents is 1. The van der Waals surface area contributed by atoms with Gasteiger partial charge >= 0.3 is 0 Å². The first-order valence-electron chi connectivity index (χ1n) is 7.73. The van der Waals surface area contributed by atoms with Crippen LogP contribution in [0.3, 0.4) is 0 Å². The molecule has 2 N–H and O–H groups in total. The van der Waals surface area contributed by atoms with Crippen molar-refractivity contribution in [1.29, 1.82) is 0 Å². The maximum absolute atomic E-state index is 12.5. The van der Waals surface area contributed by atoms with Crippen LogP contribution in [0.2, 0.25) is 0 Å². The Morgan fingerprint density at radius 3 is 2.67 bits per heavy atom. The van der Waals surface area contributed by atoms with Gasteiger partial charge in [-0.2, -0.15) is 0 Å². The van der Waals surface area contributed by atoms with E-state index in [0.29, 0.717) is 11.6 Å². The summed E-state index contributed by atoms with van der Waals surface area (Å²) in [6.45, 7) is 5.65. The zero-order valence-corrected chi connectivity index (χ0v) is 13.9. The summed E-state index contributed by atoms with van der Waals surface area (Å²) < 4.78 is 0. The zero-order chi connectivity index (χ0) is 17.9. The van der Waals surface area contributed by atoms with Gasteiger partial charge in [-0.1, -0.05) is 26.0 Å². The molecule has 2 aromatic rings. The quantitative estimate of drug-likeness (QED) is 0.484. The molecule has 0 unspecified atom stereocenters. The van der Waals surface area contributed by atoms with Crippen molar-refractivity contribution < 1.29 is 14.8 Å². The van der Waals surface area contributed by atoms with E-state index in [1.54, 1.807) is 6.07 Å². The minimum Gasteiger partial charge on any atom is -0.506 e. The number of anilines is 1. The molecule has 0 spiro atoms. The summed E-state index contributed by atoms with van der Waals surface area (Å²) in [4.78, 5) is 22.9. The third kappa shape index (κ3) is 3.53. The molecule has 0 bridgehead atoms. The Kier molecular flexibility index (Phi) is 5.18. The fraction of sp³-hybridized carbons (Fsp3) is 0.278. The molecule has 0 aliphatic rings. The maximum Gasteiger partial charge on any atom is 0.273 e. The van der Waals surface area contributed by atoms with E-state index in [4.69, 9.17) is 0 Å². The average Bonchev–Trinajstić information content (AvgIpc) is 2.55. The molecule has 6 nitrogen and oxygen atoms in total. The van der Waals surface area contributed by atoms with Crippen molar-refractivity contribution in [2.75, 3.05) is 5.32 Å². The molecule has 0 saturated heterocycles. The van der Waals surface area contributed by atoms with Crippen LogP contribution >= 0.6 is 0 Å². The lowest BCUT2D eigenvalue weighted by Crippen LogP contribution is -2.14. The van der Waals surface area contributed by atoms with Crippen LogP contribution in [-0.4, -0.2) is 15.9 Å². The van der Waals surface area contributed by atoms with Crippen molar-refractivity contribution in [2.45, 2.75) is 33.1 Å². The molecule has 6 heteroatoms. The summed E-state index contributed by atoms with van der Waals surface area (Å²) in [6.07, 6.45) is 0.933. The highest BCUT2D eigenvalue weighted by atomic mass is 16.6. The van der Waals surface area contributed by atoms with Gasteiger partial charge < -0.3 is 10.4 Å². The van der Waals surface area contributed by atoms with Crippen molar-refractivity contribution >= 4 is 17.3 Å². The summed E-state index contributed by atoms with van der Waals surface area (Å²) in [7, 11) is 0. The molecule has 1 amide bonds. The second-order valence-corrected chi connectivity index (χ2v) is 5.75. The molecule has 1 atom stereocenters. The first-order chi connectivity index (χ1) is 11.3. The molecule has 126 valence electrons. The first-order valence-corrected chi connectivity index (χ1v) is 7.73. The first kappa shape index (κ1) is 17.5. The number of amides is 1. The SMILES string of the molecule is CC[C@@H](C)c1ccc(O)c(NC(=O)c2cccc([N+](=O)[O-])c2C)c1. The Labute approximate surface area is 140 Å². The van der Waals surface area contributed by atoms with Crippen LogP contribution in [0, 0.1) is 17.0 Å². The average molecular weight is 328 g/mol. The minimum absolute atomic E-state index is 0.0431. The van der Waals surface area contributed by atoms with Gasteiger partial charge in [0.1, 0.15) is 5.75 Å². The van der Waals surface area contributed by atoms with Gasteiger partial charge in [-0.3, -0.25) is 14.9 Å². The number of phenols is 1. The predicted molar refractivity (Wildman–Crippen MR) is 92.6 cm³/mol. The summed E-state index contributed by atoms with van der Waals surface area (Å²) in [6, 6.07) is 9.43. The highest BCUT2D eigenvalue weighted by Crippen LogP contribution is 2.30. The van der Waals surface area contributed by atoms with Gasteiger partial charge in [-0.25, -0.2) is 0 Å². The number of nitrogens with one attached hydrogen (secondary N) is 1. The third-order valence-electron chi connectivity index (χ3n) is 4.20. The van der Waals surface area contributed by atoms with Crippen LogP contribution in [0.5, 0.6) is 5.75 Å². The molecule has 24 heavy (non-hydrogen) atoms. The molecular formula is C18H20N2O4. The van der Waals surface area contributed by atoms with E-state index >= 15 is 0 Å². The number of nitrogens with zero attached hydrogens (tertiary/aromatic N) is 1.